The van der Waals surface area contributed by atoms with Crippen LogP contribution in [-0.2, 0) is 4.74 Å². The van der Waals surface area contributed by atoms with E-state index in [2.05, 4.69) is 21.8 Å². The molecule has 0 aromatic heterocycles. The van der Waals surface area contributed by atoms with Gasteiger partial charge in [-0.15, -0.1) is 6.42 Å². The maximum atomic E-state index is 10.2. The maximum absolute atomic E-state index is 10.2. The van der Waals surface area contributed by atoms with Gasteiger partial charge in [-0.25, -0.2) is 0 Å². The molecule has 0 saturated carbocycles. The first-order valence-corrected chi connectivity index (χ1v) is 8.35. The molecule has 0 spiro atoms. The van der Waals surface area contributed by atoms with Crippen molar-refractivity contribution in [2.75, 3.05) is 51.3 Å². The molecular weight excluding hydrogens is 304 g/mol. The second-order valence-corrected chi connectivity index (χ2v) is 6.58. The summed E-state index contributed by atoms with van der Waals surface area (Å²) in [4.78, 5) is 4.57. The van der Waals surface area contributed by atoms with Crippen LogP contribution in [0.1, 0.15) is 13.8 Å². The van der Waals surface area contributed by atoms with Gasteiger partial charge >= 0.3 is 0 Å². The van der Waals surface area contributed by atoms with Crippen LogP contribution < -0.4 is 9.64 Å². The van der Waals surface area contributed by atoms with Gasteiger partial charge in [0.15, 0.2) is 0 Å². The standard InChI is InChI=1S/C19H28N2O3/c1-5-19(2,3)24-15-16(22)14-20-10-12-21(13-11-20)17-8-6-7-9-18(17)23-4/h1,6-9,16,22H,10-15H2,2-4H3/t16-/m0/s1. The van der Waals surface area contributed by atoms with Crippen molar-refractivity contribution in [3.05, 3.63) is 24.3 Å². The van der Waals surface area contributed by atoms with Crippen molar-refractivity contribution in [1.82, 2.24) is 4.90 Å². The van der Waals surface area contributed by atoms with Crippen LogP contribution in [-0.4, -0.2) is 68.2 Å². The Morgan fingerprint density at radius 3 is 2.54 bits per heavy atom. The fraction of sp³-hybridized carbons (Fsp3) is 0.579. The molecule has 5 nitrogen and oxygen atoms in total. The Balaban J connectivity index is 1.80. The van der Waals surface area contributed by atoms with Crippen molar-refractivity contribution in [2.45, 2.75) is 25.6 Å². The van der Waals surface area contributed by atoms with E-state index in [1.54, 1.807) is 7.11 Å². The molecule has 1 heterocycles. The van der Waals surface area contributed by atoms with Crippen LogP contribution in [0.4, 0.5) is 5.69 Å². The van der Waals surface area contributed by atoms with Crippen molar-refractivity contribution >= 4 is 5.69 Å². The smallest absolute Gasteiger partial charge is 0.142 e. The van der Waals surface area contributed by atoms with Gasteiger partial charge < -0.3 is 19.5 Å². The normalized spacial score (nSPS) is 17.4. The minimum Gasteiger partial charge on any atom is -0.495 e. The van der Waals surface area contributed by atoms with Gasteiger partial charge in [-0.1, -0.05) is 18.1 Å². The topological polar surface area (TPSA) is 45.2 Å². The Morgan fingerprint density at radius 1 is 1.25 bits per heavy atom. The van der Waals surface area contributed by atoms with Gasteiger partial charge in [0.1, 0.15) is 11.4 Å². The van der Waals surface area contributed by atoms with Crippen molar-refractivity contribution < 1.29 is 14.6 Å². The monoisotopic (exact) mass is 332 g/mol. The van der Waals surface area contributed by atoms with E-state index in [0.29, 0.717) is 6.54 Å². The molecule has 1 aliphatic rings. The van der Waals surface area contributed by atoms with Gasteiger partial charge in [0.25, 0.3) is 0 Å². The summed E-state index contributed by atoms with van der Waals surface area (Å²) in [5.41, 5.74) is 0.489. The highest BCUT2D eigenvalue weighted by atomic mass is 16.5. The first-order valence-electron chi connectivity index (χ1n) is 8.35. The molecule has 0 amide bonds. The average Bonchev–Trinajstić information content (AvgIpc) is 2.61. The van der Waals surface area contributed by atoms with Crippen LogP contribution in [0.15, 0.2) is 24.3 Å². The fourth-order valence-corrected chi connectivity index (χ4v) is 2.76. The van der Waals surface area contributed by atoms with Crippen LogP contribution in [0.2, 0.25) is 0 Å². The predicted molar refractivity (Wildman–Crippen MR) is 96.5 cm³/mol. The molecule has 1 atom stereocenters. The molecule has 0 bridgehead atoms. The highest BCUT2D eigenvalue weighted by Gasteiger charge is 2.22. The minimum atomic E-state index is -0.635. The third kappa shape index (κ3) is 5.13. The van der Waals surface area contributed by atoms with E-state index in [1.807, 2.05) is 32.0 Å². The van der Waals surface area contributed by atoms with Crippen LogP contribution in [0.3, 0.4) is 0 Å². The number of rotatable bonds is 7. The number of piperazine rings is 1. The number of para-hydroxylation sites is 2. The van der Waals surface area contributed by atoms with Gasteiger partial charge in [-0.2, -0.15) is 0 Å². The molecule has 1 saturated heterocycles. The SMILES string of the molecule is C#CC(C)(C)OC[C@@H](O)CN1CCN(c2ccccc2OC)CC1. The van der Waals surface area contributed by atoms with E-state index >= 15 is 0 Å². The second kappa shape index (κ2) is 8.39. The number of aliphatic hydroxyl groups excluding tert-OH is 1. The third-order valence-corrected chi connectivity index (χ3v) is 4.25. The summed E-state index contributed by atoms with van der Waals surface area (Å²) < 4.78 is 11.0. The molecule has 0 radical (unpaired) electrons. The van der Waals surface area contributed by atoms with E-state index in [9.17, 15) is 5.11 Å². The lowest BCUT2D eigenvalue weighted by Gasteiger charge is -2.37. The van der Waals surface area contributed by atoms with Crippen LogP contribution >= 0.6 is 0 Å². The molecule has 1 aromatic rings. The van der Waals surface area contributed by atoms with Crippen molar-refractivity contribution in [1.29, 1.82) is 0 Å². The lowest BCUT2D eigenvalue weighted by atomic mass is 10.1. The molecule has 1 N–H and O–H groups in total. The Bertz CT molecular complexity index is 560. The molecule has 0 unspecified atom stereocenters. The number of β-amino-alcohol motifs (C(OH)–C–C–N with tert-alkyl or cyclic N) is 1. The zero-order valence-corrected chi connectivity index (χ0v) is 14.9. The molecular formula is C19H28N2O3. The maximum Gasteiger partial charge on any atom is 0.142 e. The first-order chi connectivity index (χ1) is 11.4. The van der Waals surface area contributed by atoms with Crippen LogP contribution in [0.5, 0.6) is 5.75 Å². The predicted octanol–water partition coefficient (Wildman–Crippen LogP) is 1.61. The average molecular weight is 332 g/mol. The molecule has 132 valence electrons. The van der Waals surface area contributed by atoms with Crippen LogP contribution in [0.25, 0.3) is 0 Å². The summed E-state index contributed by atoms with van der Waals surface area (Å²) in [7, 11) is 1.70. The molecule has 1 aromatic carbocycles. The van der Waals surface area contributed by atoms with Gasteiger partial charge in [0.2, 0.25) is 0 Å². The fourth-order valence-electron chi connectivity index (χ4n) is 2.76. The highest BCUT2D eigenvalue weighted by Crippen LogP contribution is 2.28. The summed E-state index contributed by atoms with van der Waals surface area (Å²) in [6.07, 6.45) is 4.86. The first kappa shape index (κ1) is 18.6. The number of hydrogen-bond acceptors (Lipinski definition) is 5. The quantitative estimate of drug-likeness (QED) is 0.769. The summed E-state index contributed by atoms with van der Waals surface area (Å²) in [6.45, 7) is 8.11. The number of anilines is 1. The Morgan fingerprint density at radius 2 is 1.92 bits per heavy atom. The third-order valence-electron chi connectivity index (χ3n) is 4.25. The molecule has 1 fully saturated rings. The van der Waals surface area contributed by atoms with E-state index in [4.69, 9.17) is 15.9 Å². The number of ether oxygens (including phenoxy) is 2. The number of benzene rings is 1. The van der Waals surface area contributed by atoms with E-state index in [-0.39, 0.29) is 6.61 Å². The highest BCUT2D eigenvalue weighted by molar-refractivity contribution is 5.58. The number of methoxy groups -OCH3 is 1. The Hall–Kier alpha value is -1.74. The molecule has 5 heteroatoms. The van der Waals surface area contributed by atoms with Gasteiger partial charge in [-0.05, 0) is 26.0 Å². The number of aliphatic hydroxyl groups is 1. The zero-order chi connectivity index (χ0) is 17.6. The molecule has 2 rings (SSSR count). The van der Waals surface area contributed by atoms with Crippen molar-refractivity contribution in [3.63, 3.8) is 0 Å². The van der Waals surface area contributed by atoms with Gasteiger partial charge in [0, 0.05) is 32.7 Å². The largest absolute Gasteiger partial charge is 0.495 e. The lowest BCUT2D eigenvalue weighted by Crippen LogP contribution is -2.49. The van der Waals surface area contributed by atoms with Crippen molar-refractivity contribution in [3.8, 4) is 18.1 Å². The Kier molecular flexibility index (Phi) is 6.50. The molecule has 1 aliphatic heterocycles. The number of hydrogen-bond donors (Lipinski definition) is 1. The van der Waals surface area contributed by atoms with Crippen LogP contribution in [0, 0.1) is 12.3 Å². The zero-order valence-electron chi connectivity index (χ0n) is 14.9. The minimum absolute atomic E-state index is 0.254. The second-order valence-electron chi connectivity index (χ2n) is 6.58. The number of nitrogens with zero attached hydrogens (tertiary/aromatic N) is 2. The summed E-state index contributed by atoms with van der Waals surface area (Å²) in [6, 6.07) is 8.07. The lowest BCUT2D eigenvalue weighted by molar-refractivity contribution is -0.0376. The Labute approximate surface area is 145 Å². The van der Waals surface area contributed by atoms with Gasteiger partial charge in [0.05, 0.1) is 25.5 Å². The van der Waals surface area contributed by atoms with E-state index < -0.39 is 11.7 Å². The van der Waals surface area contributed by atoms with Crippen molar-refractivity contribution in [2.24, 2.45) is 0 Å². The van der Waals surface area contributed by atoms with Gasteiger partial charge in [-0.3, -0.25) is 4.90 Å². The summed E-state index contributed by atoms with van der Waals surface area (Å²) in [5, 5.41) is 10.2. The van der Waals surface area contributed by atoms with E-state index in [0.717, 1.165) is 37.6 Å². The van der Waals surface area contributed by atoms with E-state index in [1.165, 1.54) is 0 Å². The summed E-state index contributed by atoms with van der Waals surface area (Å²) >= 11 is 0. The molecule has 0 aliphatic carbocycles. The number of terminal acetylenes is 1. The summed E-state index contributed by atoms with van der Waals surface area (Å²) in [5.74, 6) is 3.47. The molecule has 24 heavy (non-hydrogen) atoms.